The summed E-state index contributed by atoms with van der Waals surface area (Å²) >= 11 is 1.33. The van der Waals surface area contributed by atoms with Crippen LogP contribution in [0.2, 0.25) is 0 Å². The average Bonchev–Trinajstić information content (AvgIpc) is 2.63. The zero-order valence-electron chi connectivity index (χ0n) is 14.5. The van der Waals surface area contributed by atoms with Crippen LogP contribution in [0, 0.1) is 0 Å². The molecule has 2 heterocycles. The van der Waals surface area contributed by atoms with Gasteiger partial charge in [-0.05, 0) is 38.3 Å². The maximum Gasteiger partial charge on any atom is 0.262 e. The van der Waals surface area contributed by atoms with E-state index in [1.54, 1.807) is 16.7 Å². The highest BCUT2D eigenvalue weighted by Crippen LogP contribution is 2.21. The lowest BCUT2D eigenvalue weighted by Crippen LogP contribution is -2.43. The first-order chi connectivity index (χ1) is 12.1. The molecule has 1 saturated heterocycles. The summed E-state index contributed by atoms with van der Waals surface area (Å²) in [6, 6.07) is 7.59. The SMILES string of the molecule is C=CCn1c(SCC(=O)N2CCCC[C@H]2C)nc2ccccc2c1=O. The molecule has 0 unspecified atom stereocenters. The number of hydrogen-bond acceptors (Lipinski definition) is 4. The first kappa shape index (κ1) is 17.7. The van der Waals surface area contributed by atoms with Crippen LogP contribution < -0.4 is 5.56 Å². The van der Waals surface area contributed by atoms with E-state index >= 15 is 0 Å². The third kappa shape index (κ3) is 3.79. The molecule has 25 heavy (non-hydrogen) atoms. The molecular formula is C19H23N3O2S. The number of amides is 1. The number of likely N-dealkylation sites (tertiary alicyclic amines) is 1. The molecule has 6 heteroatoms. The van der Waals surface area contributed by atoms with Gasteiger partial charge in [-0.2, -0.15) is 0 Å². The van der Waals surface area contributed by atoms with E-state index in [0.717, 1.165) is 19.4 Å². The van der Waals surface area contributed by atoms with Crippen LogP contribution in [0.5, 0.6) is 0 Å². The number of thioether (sulfide) groups is 1. The lowest BCUT2D eigenvalue weighted by Gasteiger charge is -2.33. The van der Waals surface area contributed by atoms with Crippen molar-refractivity contribution in [2.75, 3.05) is 12.3 Å². The first-order valence-corrected chi connectivity index (χ1v) is 9.63. The highest BCUT2D eigenvalue weighted by Gasteiger charge is 2.23. The first-order valence-electron chi connectivity index (χ1n) is 8.64. The minimum Gasteiger partial charge on any atom is -0.339 e. The topological polar surface area (TPSA) is 55.2 Å². The van der Waals surface area contributed by atoms with E-state index in [9.17, 15) is 9.59 Å². The van der Waals surface area contributed by atoms with Gasteiger partial charge in [0.2, 0.25) is 5.91 Å². The second-order valence-electron chi connectivity index (χ2n) is 6.34. The Balaban J connectivity index is 1.85. The summed E-state index contributed by atoms with van der Waals surface area (Å²) in [6.07, 6.45) is 4.99. The molecule has 1 aliphatic heterocycles. The lowest BCUT2D eigenvalue weighted by atomic mass is 10.0. The second kappa shape index (κ2) is 7.87. The van der Waals surface area contributed by atoms with Crippen molar-refractivity contribution in [1.29, 1.82) is 0 Å². The fourth-order valence-electron chi connectivity index (χ4n) is 3.23. The van der Waals surface area contributed by atoms with E-state index < -0.39 is 0 Å². The van der Waals surface area contributed by atoms with Crippen LogP contribution in [0.15, 0.2) is 46.9 Å². The van der Waals surface area contributed by atoms with E-state index in [-0.39, 0.29) is 11.5 Å². The summed E-state index contributed by atoms with van der Waals surface area (Å²) in [6.45, 7) is 7.03. The van der Waals surface area contributed by atoms with E-state index in [4.69, 9.17) is 0 Å². The van der Waals surface area contributed by atoms with Crippen LogP contribution in [-0.4, -0.2) is 38.7 Å². The molecular weight excluding hydrogens is 334 g/mol. The molecule has 0 bridgehead atoms. The standard InChI is InChI=1S/C19H23N3O2S/c1-3-11-22-18(24)15-9-4-5-10-16(15)20-19(22)25-13-17(23)21-12-7-6-8-14(21)2/h3-5,9-10,14H,1,6-8,11-13H2,2H3/t14-/m1/s1. The number of carbonyl (C=O) groups is 1. The van der Waals surface area contributed by atoms with E-state index in [0.29, 0.717) is 34.4 Å². The van der Waals surface area contributed by atoms with Gasteiger partial charge < -0.3 is 4.90 Å². The van der Waals surface area contributed by atoms with E-state index in [2.05, 4.69) is 18.5 Å². The molecule has 132 valence electrons. The van der Waals surface area contributed by atoms with Crippen molar-refractivity contribution in [3.8, 4) is 0 Å². The van der Waals surface area contributed by atoms with E-state index in [1.807, 2.05) is 23.1 Å². The summed E-state index contributed by atoms with van der Waals surface area (Å²) in [4.78, 5) is 31.8. The van der Waals surface area contributed by atoms with Gasteiger partial charge in [0.05, 0.1) is 16.7 Å². The normalized spacial score (nSPS) is 17.6. The number of fused-ring (bicyclic) bond motifs is 1. The minimum absolute atomic E-state index is 0.0909. The Morgan fingerprint density at radius 2 is 2.20 bits per heavy atom. The number of allylic oxidation sites excluding steroid dienone is 1. The summed E-state index contributed by atoms with van der Waals surface area (Å²) in [7, 11) is 0. The third-order valence-electron chi connectivity index (χ3n) is 4.59. The van der Waals surface area contributed by atoms with Gasteiger partial charge in [-0.3, -0.25) is 14.2 Å². The second-order valence-corrected chi connectivity index (χ2v) is 7.28. The minimum atomic E-state index is -0.0909. The zero-order valence-corrected chi connectivity index (χ0v) is 15.3. The van der Waals surface area contributed by atoms with E-state index in [1.165, 1.54) is 18.2 Å². The molecule has 1 fully saturated rings. The van der Waals surface area contributed by atoms with Crippen molar-refractivity contribution in [2.24, 2.45) is 0 Å². The number of nitrogens with zero attached hydrogens (tertiary/aromatic N) is 3. The Hall–Kier alpha value is -2.08. The van der Waals surface area contributed by atoms with Gasteiger partial charge in [0.15, 0.2) is 5.16 Å². The fourth-order valence-corrected chi connectivity index (χ4v) is 4.12. The van der Waals surface area contributed by atoms with Gasteiger partial charge in [0, 0.05) is 19.1 Å². The molecule has 0 aliphatic carbocycles. The molecule has 5 nitrogen and oxygen atoms in total. The Morgan fingerprint density at radius 1 is 1.40 bits per heavy atom. The number of para-hydroxylation sites is 1. The average molecular weight is 357 g/mol. The van der Waals surface area contributed by atoms with Crippen molar-refractivity contribution in [2.45, 2.75) is 43.9 Å². The van der Waals surface area contributed by atoms with Crippen molar-refractivity contribution < 1.29 is 4.79 Å². The Labute approximate surface area is 151 Å². The van der Waals surface area contributed by atoms with Gasteiger partial charge in [-0.15, -0.1) is 6.58 Å². The van der Waals surface area contributed by atoms with Crippen molar-refractivity contribution in [3.63, 3.8) is 0 Å². The Morgan fingerprint density at radius 3 is 2.96 bits per heavy atom. The van der Waals surface area contributed by atoms with Gasteiger partial charge in [0.1, 0.15) is 0 Å². The van der Waals surface area contributed by atoms with Crippen LogP contribution in [-0.2, 0) is 11.3 Å². The van der Waals surface area contributed by atoms with Crippen LogP contribution in [0.1, 0.15) is 26.2 Å². The predicted octanol–water partition coefficient (Wildman–Crippen LogP) is 3.08. The molecule has 1 aliphatic rings. The third-order valence-corrected chi connectivity index (χ3v) is 5.55. The molecule has 2 aromatic rings. The monoisotopic (exact) mass is 357 g/mol. The molecule has 1 atom stereocenters. The highest BCUT2D eigenvalue weighted by atomic mass is 32.2. The van der Waals surface area contributed by atoms with Gasteiger partial charge in [0.25, 0.3) is 5.56 Å². The molecule has 0 radical (unpaired) electrons. The van der Waals surface area contributed by atoms with Crippen LogP contribution in [0.25, 0.3) is 10.9 Å². The number of carbonyl (C=O) groups excluding carboxylic acids is 1. The largest absolute Gasteiger partial charge is 0.339 e. The summed E-state index contributed by atoms with van der Waals surface area (Å²) < 4.78 is 1.59. The molecule has 1 aromatic carbocycles. The summed E-state index contributed by atoms with van der Waals surface area (Å²) in [5.74, 6) is 0.413. The number of hydrogen-bond donors (Lipinski definition) is 0. The predicted molar refractivity (Wildman–Crippen MR) is 102 cm³/mol. The maximum absolute atomic E-state index is 12.7. The van der Waals surface area contributed by atoms with Gasteiger partial charge >= 0.3 is 0 Å². The van der Waals surface area contributed by atoms with Crippen molar-refractivity contribution >= 4 is 28.6 Å². The Bertz CT molecular complexity index is 846. The summed E-state index contributed by atoms with van der Waals surface area (Å²) in [5.41, 5.74) is 0.570. The van der Waals surface area contributed by atoms with Crippen LogP contribution in [0.4, 0.5) is 0 Å². The maximum atomic E-state index is 12.7. The van der Waals surface area contributed by atoms with Crippen molar-refractivity contribution in [1.82, 2.24) is 14.5 Å². The molecule has 0 saturated carbocycles. The quantitative estimate of drug-likeness (QED) is 0.469. The smallest absolute Gasteiger partial charge is 0.262 e. The highest BCUT2D eigenvalue weighted by molar-refractivity contribution is 7.99. The van der Waals surface area contributed by atoms with Gasteiger partial charge in [-0.1, -0.05) is 30.0 Å². The molecule has 3 rings (SSSR count). The van der Waals surface area contributed by atoms with Crippen LogP contribution in [0.3, 0.4) is 0 Å². The fraction of sp³-hybridized carbons (Fsp3) is 0.421. The molecule has 1 aromatic heterocycles. The van der Waals surface area contributed by atoms with Crippen molar-refractivity contribution in [3.05, 3.63) is 47.3 Å². The molecule has 0 N–H and O–H groups in total. The lowest BCUT2D eigenvalue weighted by molar-refractivity contribution is -0.131. The summed E-state index contributed by atoms with van der Waals surface area (Å²) in [5, 5.41) is 1.16. The number of benzene rings is 1. The number of aromatic nitrogens is 2. The molecule has 1 amide bonds. The molecule has 0 spiro atoms. The van der Waals surface area contributed by atoms with Gasteiger partial charge in [-0.25, -0.2) is 4.98 Å². The number of rotatable bonds is 5. The number of piperidine rings is 1. The Kier molecular flexibility index (Phi) is 5.58. The van der Waals surface area contributed by atoms with Crippen LogP contribution >= 0.6 is 11.8 Å². The zero-order chi connectivity index (χ0) is 17.8.